The molecule has 0 aliphatic carbocycles. The Morgan fingerprint density at radius 3 is 2.60 bits per heavy atom. The van der Waals surface area contributed by atoms with Crippen molar-refractivity contribution in [2.45, 2.75) is 38.9 Å². The van der Waals surface area contributed by atoms with Crippen LogP contribution in [-0.2, 0) is 9.53 Å². The summed E-state index contributed by atoms with van der Waals surface area (Å²) in [6, 6.07) is 3.34. The maximum absolute atomic E-state index is 14.2. The molecule has 1 unspecified atom stereocenters. The number of aromatic nitrogens is 2. The van der Waals surface area contributed by atoms with Crippen molar-refractivity contribution < 1.29 is 18.7 Å². The van der Waals surface area contributed by atoms with Gasteiger partial charge in [-0.15, -0.1) is 0 Å². The summed E-state index contributed by atoms with van der Waals surface area (Å²) in [5, 5.41) is 0.107. The van der Waals surface area contributed by atoms with E-state index in [9.17, 15) is 18.8 Å². The number of nitrogens with zero attached hydrogens (tertiary/aromatic N) is 1. The van der Waals surface area contributed by atoms with Crippen LogP contribution < -0.4 is 16.0 Å². The van der Waals surface area contributed by atoms with E-state index < -0.39 is 28.9 Å². The van der Waals surface area contributed by atoms with Crippen LogP contribution in [0.25, 0.3) is 10.9 Å². The van der Waals surface area contributed by atoms with Crippen LogP contribution in [0, 0.1) is 0 Å². The molecule has 0 aliphatic rings. The second kappa shape index (κ2) is 7.08. The van der Waals surface area contributed by atoms with Gasteiger partial charge in [-0.1, -0.05) is 6.07 Å². The lowest BCUT2D eigenvalue weighted by atomic mass is 10.0. The molecule has 1 aromatic carbocycles. The van der Waals surface area contributed by atoms with Crippen LogP contribution >= 0.6 is 0 Å². The average molecular weight is 352 g/mol. The second-order valence-electron chi connectivity index (χ2n) is 6.18. The zero-order valence-corrected chi connectivity index (χ0v) is 14.6. The van der Waals surface area contributed by atoms with Crippen LogP contribution in [0.4, 0.5) is 4.39 Å². The number of benzene rings is 1. The molecule has 136 valence electrons. The first-order valence-electron chi connectivity index (χ1n) is 7.86. The van der Waals surface area contributed by atoms with Gasteiger partial charge < -0.3 is 14.5 Å². The van der Waals surface area contributed by atoms with Gasteiger partial charge in [0.25, 0.3) is 5.56 Å². The molecule has 1 aromatic heterocycles. The molecule has 2 rings (SSSR count). The number of carbonyl (C=O) groups is 1. The minimum Gasteiger partial charge on any atom is -0.496 e. The third kappa shape index (κ3) is 3.89. The Kier molecular flexibility index (Phi) is 5.30. The summed E-state index contributed by atoms with van der Waals surface area (Å²) in [5.41, 5.74) is -3.07. The van der Waals surface area contributed by atoms with E-state index in [0.717, 1.165) is 0 Å². The van der Waals surface area contributed by atoms with E-state index in [1.807, 2.05) is 0 Å². The zero-order chi connectivity index (χ0) is 18.8. The first kappa shape index (κ1) is 18.7. The van der Waals surface area contributed by atoms with Crippen LogP contribution in [0.3, 0.4) is 0 Å². The fraction of sp³-hybridized carbons (Fsp3) is 0.471. The highest BCUT2D eigenvalue weighted by molar-refractivity contribution is 5.84. The highest BCUT2D eigenvalue weighted by atomic mass is 19.1. The first-order valence-corrected chi connectivity index (χ1v) is 7.86. The number of H-pyrrole nitrogens is 1. The number of nitrogens with one attached hydrogen (secondary N) is 1. The molecule has 1 heterocycles. The lowest BCUT2D eigenvalue weighted by molar-refractivity contribution is -0.148. The van der Waals surface area contributed by atoms with Crippen LogP contribution in [0.1, 0.15) is 33.2 Å². The molecule has 25 heavy (non-hydrogen) atoms. The maximum atomic E-state index is 14.2. The Bertz CT molecular complexity index is 895. The van der Waals surface area contributed by atoms with Gasteiger partial charge in [0.05, 0.1) is 19.2 Å². The number of aromatic amines is 1. The van der Waals surface area contributed by atoms with Gasteiger partial charge >= 0.3 is 11.7 Å². The number of halogens is 1. The highest BCUT2D eigenvalue weighted by Crippen LogP contribution is 2.25. The number of hydrogen-bond acceptors (Lipinski definition) is 5. The lowest BCUT2D eigenvalue weighted by Crippen LogP contribution is -2.43. The molecular weight excluding hydrogens is 331 g/mol. The third-order valence-electron chi connectivity index (χ3n) is 3.69. The minimum atomic E-state index is -1.79. The van der Waals surface area contributed by atoms with Crippen molar-refractivity contribution in [2.24, 2.45) is 0 Å². The molecule has 2 aromatic rings. The van der Waals surface area contributed by atoms with E-state index in [2.05, 4.69) is 4.98 Å². The van der Waals surface area contributed by atoms with E-state index in [1.54, 1.807) is 25.1 Å². The van der Waals surface area contributed by atoms with Gasteiger partial charge in [-0.25, -0.2) is 18.5 Å². The fourth-order valence-corrected chi connectivity index (χ4v) is 2.68. The molecule has 0 amide bonds. The van der Waals surface area contributed by atoms with Crippen molar-refractivity contribution >= 4 is 16.9 Å². The predicted molar refractivity (Wildman–Crippen MR) is 90.9 cm³/mol. The number of hydrogen-bond donors (Lipinski definition) is 1. The number of alkyl halides is 1. The van der Waals surface area contributed by atoms with Gasteiger partial charge in [-0.05, 0) is 32.9 Å². The van der Waals surface area contributed by atoms with Crippen molar-refractivity contribution in [3.05, 3.63) is 39.0 Å². The van der Waals surface area contributed by atoms with Crippen molar-refractivity contribution in [2.75, 3.05) is 13.7 Å². The monoisotopic (exact) mass is 352 g/mol. The molecule has 0 aliphatic heterocycles. The van der Waals surface area contributed by atoms with E-state index in [0.29, 0.717) is 4.57 Å². The second-order valence-corrected chi connectivity index (χ2v) is 6.18. The van der Waals surface area contributed by atoms with E-state index >= 15 is 0 Å². The zero-order valence-electron chi connectivity index (χ0n) is 14.6. The number of ether oxygens (including phenoxy) is 2. The van der Waals surface area contributed by atoms with Crippen molar-refractivity contribution in [3.63, 3.8) is 0 Å². The van der Waals surface area contributed by atoms with Gasteiger partial charge in [0.15, 0.2) is 0 Å². The van der Waals surface area contributed by atoms with E-state index in [4.69, 9.17) is 9.47 Å². The fourth-order valence-electron chi connectivity index (χ4n) is 2.68. The minimum absolute atomic E-state index is 0.0472. The summed E-state index contributed by atoms with van der Waals surface area (Å²) < 4.78 is 25.0. The van der Waals surface area contributed by atoms with Crippen molar-refractivity contribution in [1.29, 1.82) is 0 Å². The van der Waals surface area contributed by atoms with Gasteiger partial charge in [0.2, 0.25) is 0 Å². The molecule has 1 N–H and O–H groups in total. The number of rotatable bonds is 6. The summed E-state index contributed by atoms with van der Waals surface area (Å²) in [6.45, 7) is 4.16. The summed E-state index contributed by atoms with van der Waals surface area (Å²) in [7, 11) is 1.39. The smallest absolute Gasteiger partial charge is 0.329 e. The standard InChI is InChI=1S/C17H21FN2O5/c1-5-25-15(22)11(9-17(2,3)18)20-14(21)13-10(19-16(20)23)7-6-8-12(13)24-4/h6-8,11H,5,9H2,1-4H3,(H,19,23). The summed E-state index contributed by atoms with van der Waals surface area (Å²) >= 11 is 0. The van der Waals surface area contributed by atoms with Gasteiger partial charge in [0.1, 0.15) is 22.8 Å². The molecule has 0 saturated carbocycles. The normalized spacial score (nSPS) is 12.8. The first-order chi connectivity index (χ1) is 11.7. The number of methoxy groups -OCH3 is 1. The molecule has 1 atom stereocenters. The number of esters is 1. The van der Waals surface area contributed by atoms with E-state index in [1.165, 1.54) is 21.0 Å². The Labute approximate surface area is 143 Å². The largest absolute Gasteiger partial charge is 0.496 e. The summed E-state index contributed by atoms with van der Waals surface area (Å²) in [6.07, 6.45) is -0.379. The van der Waals surface area contributed by atoms with Gasteiger partial charge in [-0.2, -0.15) is 0 Å². The summed E-state index contributed by atoms with van der Waals surface area (Å²) in [4.78, 5) is 40.1. The molecule has 7 nitrogen and oxygen atoms in total. The van der Waals surface area contributed by atoms with Gasteiger partial charge in [-0.3, -0.25) is 4.79 Å². The number of fused-ring (bicyclic) bond motifs is 1. The Morgan fingerprint density at radius 1 is 1.36 bits per heavy atom. The predicted octanol–water partition coefficient (Wildman–Crippen LogP) is 1.94. The van der Waals surface area contributed by atoms with Crippen LogP contribution in [0.2, 0.25) is 0 Å². The molecule has 8 heteroatoms. The SMILES string of the molecule is CCOC(=O)C(CC(C)(C)F)n1c(=O)[nH]c2cccc(OC)c2c1=O. The van der Waals surface area contributed by atoms with Gasteiger partial charge in [0, 0.05) is 6.42 Å². The topological polar surface area (TPSA) is 90.4 Å². The van der Waals surface area contributed by atoms with Crippen molar-refractivity contribution in [3.8, 4) is 5.75 Å². The maximum Gasteiger partial charge on any atom is 0.329 e. The number of carbonyl (C=O) groups excluding carboxylic acids is 1. The molecule has 0 saturated heterocycles. The molecule has 0 fully saturated rings. The third-order valence-corrected chi connectivity index (χ3v) is 3.69. The Hall–Kier alpha value is -2.64. The van der Waals surface area contributed by atoms with Crippen LogP contribution in [-0.4, -0.2) is 34.9 Å². The molecule has 0 bridgehead atoms. The summed E-state index contributed by atoms with van der Waals surface area (Å²) in [5.74, 6) is -0.593. The lowest BCUT2D eigenvalue weighted by Gasteiger charge is -2.23. The Morgan fingerprint density at radius 2 is 2.04 bits per heavy atom. The Balaban J connectivity index is 2.76. The average Bonchev–Trinajstić information content (AvgIpc) is 2.52. The van der Waals surface area contributed by atoms with Crippen molar-refractivity contribution in [1.82, 2.24) is 9.55 Å². The highest BCUT2D eigenvalue weighted by Gasteiger charge is 2.33. The molecular formula is C17H21FN2O5. The van der Waals surface area contributed by atoms with Crippen LogP contribution in [0.15, 0.2) is 27.8 Å². The quantitative estimate of drug-likeness (QED) is 0.803. The van der Waals surface area contributed by atoms with Crippen LogP contribution in [0.5, 0.6) is 5.75 Å². The molecule has 0 spiro atoms. The van der Waals surface area contributed by atoms with E-state index in [-0.39, 0.29) is 29.7 Å². The molecule has 0 radical (unpaired) electrons.